The molecule has 0 saturated heterocycles. The van der Waals surface area contributed by atoms with Gasteiger partial charge in [0, 0.05) is 11.1 Å². The summed E-state index contributed by atoms with van der Waals surface area (Å²) in [6, 6.07) is 11.6. The molecular weight excluding hydrogens is 361 g/mol. The first-order valence-corrected chi connectivity index (χ1v) is 9.03. The third kappa shape index (κ3) is 5.90. The lowest BCUT2D eigenvalue weighted by Crippen LogP contribution is -2.48. The number of hydrogen-bond acceptors (Lipinski definition) is 4. The predicted molar refractivity (Wildman–Crippen MR) is 106 cm³/mol. The maximum atomic E-state index is 13.0. The zero-order valence-corrected chi connectivity index (χ0v) is 16.1. The summed E-state index contributed by atoms with van der Waals surface area (Å²) in [5.41, 5.74) is 3.44. The number of halogens is 1. The summed E-state index contributed by atoms with van der Waals surface area (Å²) in [7, 11) is 0. The average molecular weight is 385 g/mol. The lowest BCUT2D eigenvalue weighted by Gasteiger charge is -2.20. The number of rotatable bonds is 8. The van der Waals surface area contributed by atoms with Crippen molar-refractivity contribution in [2.75, 3.05) is 6.61 Å². The SMILES string of the molecule is CCOc1ccccc1/C=N/NC(=O)C(NC(=O)c1ccc(F)cc1)C(C)C. The number of carbonyl (C=O) groups is 2. The van der Waals surface area contributed by atoms with Crippen molar-refractivity contribution < 1.29 is 18.7 Å². The van der Waals surface area contributed by atoms with Crippen LogP contribution in [0, 0.1) is 11.7 Å². The maximum absolute atomic E-state index is 13.0. The van der Waals surface area contributed by atoms with Gasteiger partial charge in [0.1, 0.15) is 17.6 Å². The van der Waals surface area contributed by atoms with E-state index in [1.54, 1.807) is 0 Å². The van der Waals surface area contributed by atoms with E-state index in [1.807, 2.05) is 45.0 Å². The third-order valence-electron chi connectivity index (χ3n) is 3.94. The normalized spacial score (nSPS) is 12.0. The number of nitrogens with one attached hydrogen (secondary N) is 2. The van der Waals surface area contributed by atoms with E-state index in [9.17, 15) is 14.0 Å². The predicted octanol–water partition coefficient (Wildman–Crippen LogP) is 3.13. The first-order valence-electron chi connectivity index (χ1n) is 9.03. The van der Waals surface area contributed by atoms with E-state index in [4.69, 9.17) is 4.74 Å². The standard InChI is InChI=1S/C21H24FN3O3/c1-4-28-18-8-6-5-7-16(18)13-23-25-21(27)19(14(2)3)24-20(26)15-9-11-17(22)12-10-15/h5-14,19H,4H2,1-3H3,(H,24,26)(H,25,27)/b23-13+. The highest BCUT2D eigenvalue weighted by molar-refractivity contribution is 5.97. The van der Waals surface area contributed by atoms with Crippen LogP contribution in [0.3, 0.4) is 0 Å². The molecule has 2 aromatic carbocycles. The molecule has 0 aliphatic rings. The van der Waals surface area contributed by atoms with E-state index in [1.165, 1.54) is 30.5 Å². The van der Waals surface area contributed by atoms with Crippen LogP contribution in [-0.4, -0.2) is 30.7 Å². The van der Waals surface area contributed by atoms with Gasteiger partial charge >= 0.3 is 0 Å². The quantitative estimate of drug-likeness (QED) is 0.541. The second-order valence-electron chi connectivity index (χ2n) is 6.41. The van der Waals surface area contributed by atoms with Gasteiger partial charge in [-0.2, -0.15) is 5.10 Å². The molecule has 2 N–H and O–H groups in total. The van der Waals surface area contributed by atoms with Gasteiger partial charge in [-0.05, 0) is 49.2 Å². The van der Waals surface area contributed by atoms with Gasteiger partial charge in [-0.25, -0.2) is 9.82 Å². The van der Waals surface area contributed by atoms with Crippen molar-refractivity contribution in [3.8, 4) is 5.75 Å². The van der Waals surface area contributed by atoms with Crippen LogP contribution >= 0.6 is 0 Å². The van der Waals surface area contributed by atoms with Gasteiger partial charge in [0.2, 0.25) is 0 Å². The molecule has 0 bridgehead atoms. The fourth-order valence-electron chi connectivity index (χ4n) is 2.47. The molecule has 2 aromatic rings. The van der Waals surface area contributed by atoms with Crippen LogP contribution < -0.4 is 15.5 Å². The van der Waals surface area contributed by atoms with E-state index >= 15 is 0 Å². The second kappa shape index (κ2) is 10.2. The number of hydrazone groups is 1. The number of para-hydroxylation sites is 1. The Morgan fingerprint density at radius 3 is 2.46 bits per heavy atom. The summed E-state index contributed by atoms with van der Waals surface area (Å²) >= 11 is 0. The van der Waals surface area contributed by atoms with Crippen molar-refractivity contribution in [2.24, 2.45) is 11.0 Å². The van der Waals surface area contributed by atoms with Crippen LogP contribution in [0.5, 0.6) is 5.75 Å². The first-order chi connectivity index (χ1) is 13.4. The molecule has 6 nitrogen and oxygen atoms in total. The summed E-state index contributed by atoms with van der Waals surface area (Å²) in [6.07, 6.45) is 1.49. The third-order valence-corrected chi connectivity index (χ3v) is 3.94. The topological polar surface area (TPSA) is 79.8 Å². The molecule has 2 rings (SSSR count). The van der Waals surface area contributed by atoms with Gasteiger partial charge in [0.05, 0.1) is 12.8 Å². The fourth-order valence-corrected chi connectivity index (χ4v) is 2.47. The molecule has 0 saturated carbocycles. The van der Waals surface area contributed by atoms with Gasteiger partial charge < -0.3 is 10.1 Å². The highest BCUT2D eigenvalue weighted by Gasteiger charge is 2.24. The van der Waals surface area contributed by atoms with Gasteiger partial charge in [-0.1, -0.05) is 26.0 Å². The van der Waals surface area contributed by atoms with Crippen LogP contribution in [0.4, 0.5) is 4.39 Å². The molecule has 148 valence electrons. The van der Waals surface area contributed by atoms with Crippen molar-refractivity contribution in [3.63, 3.8) is 0 Å². The Morgan fingerprint density at radius 1 is 1.14 bits per heavy atom. The molecule has 1 unspecified atom stereocenters. The van der Waals surface area contributed by atoms with Crippen molar-refractivity contribution in [1.82, 2.24) is 10.7 Å². The number of carbonyl (C=O) groups excluding carboxylic acids is 2. The first kappa shape index (κ1) is 21.1. The molecular formula is C21H24FN3O3. The Labute approximate surface area is 163 Å². The molecule has 0 spiro atoms. The minimum absolute atomic E-state index is 0.171. The number of ether oxygens (including phenoxy) is 1. The number of nitrogens with zero attached hydrogens (tertiary/aromatic N) is 1. The van der Waals surface area contributed by atoms with Gasteiger partial charge in [0.25, 0.3) is 11.8 Å². The summed E-state index contributed by atoms with van der Waals surface area (Å²) in [5, 5.41) is 6.63. The molecule has 0 aliphatic heterocycles. The maximum Gasteiger partial charge on any atom is 0.262 e. The molecule has 0 aliphatic carbocycles. The molecule has 7 heteroatoms. The monoisotopic (exact) mass is 385 g/mol. The zero-order valence-electron chi connectivity index (χ0n) is 16.1. The van der Waals surface area contributed by atoms with Crippen LogP contribution in [0.25, 0.3) is 0 Å². The fraction of sp³-hybridized carbons (Fsp3) is 0.286. The Morgan fingerprint density at radius 2 is 1.82 bits per heavy atom. The van der Waals surface area contributed by atoms with Crippen molar-refractivity contribution in [3.05, 3.63) is 65.5 Å². The second-order valence-corrected chi connectivity index (χ2v) is 6.41. The van der Waals surface area contributed by atoms with Crippen molar-refractivity contribution in [1.29, 1.82) is 0 Å². The summed E-state index contributed by atoms with van der Waals surface area (Å²) in [5.74, 6) is -0.852. The molecule has 0 radical (unpaired) electrons. The largest absolute Gasteiger partial charge is 0.493 e. The van der Waals surface area contributed by atoms with E-state index in [0.717, 1.165) is 5.56 Å². The van der Waals surface area contributed by atoms with E-state index < -0.39 is 23.7 Å². The Bertz CT molecular complexity index is 835. The van der Waals surface area contributed by atoms with Crippen LogP contribution in [0.1, 0.15) is 36.7 Å². The Balaban J connectivity index is 2.03. The van der Waals surface area contributed by atoms with Gasteiger partial charge in [0.15, 0.2) is 0 Å². The number of hydrogen-bond donors (Lipinski definition) is 2. The number of amides is 2. The van der Waals surface area contributed by atoms with Gasteiger partial charge in [-0.15, -0.1) is 0 Å². The van der Waals surface area contributed by atoms with Crippen molar-refractivity contribution >= 4 is 18.0 Å². The lowest BCUT2D eigenvalue weighted by molar-refractivity contribution is -0.123. The van der Waals surface area contributed by atoms with Crippen molar-refractivity contribution in [2.45, 2.75) is 26.8 Å². The minimum Gasteiger partial charge on any atom is -0.493 e. The van der Waals surface area contributed by atoms with E-state index in [-0.39, 0.29) is 11.5 Å². The molecule has 0 aromatic heterocycles. The van der Waals surface area contributed by atoms with Gasteiger partial charge in [-0.3, -0.25) is 9.59 Å². The molecule has 0 heterocycles. The molecule has 2 amide bonds. The molecule has 28 heavy (non-hydrogen) atoms. The number of benzene rings is 2. The Kier molecular flexibility index (Phi) is 7.68. The average Bonchev–Trinajstić information content (AvgIpc) is 2.67. The van der Waals surface area contributed by atoms with Crippen LogP contribution in [0.15, 0.2) is 53.6 Å². The molecule has 0 fully saturated rings. The lowest BCUT2D eigenvalue weighted by atomic mass is 10.0. The van der Waals surface area contributed by atoms with Crippen LogP contribution in [0.2, 0.25) is 0 Å². The highest BCUT2D eigenvalue weighted by atomic mass is 19.1. The van der Waals surface area contributed by atoms with Crippen LogP contribution in [-0.2, 0) is 4.79 Å². The van der Waals surface area contributed by atoms with E-state index in [2.05, 4.69) is 15.8 Å². The smallest absolute Gasteiger partial charge is 0.262 e. The summed E-state index contributed by atoms with van der Waals surface area (Å²) in [4.78, 5) is 24.8. The van der Waals surface area contributed by atoms with E-state index in [0.29, 0.717) is 12.4 Å². The Hall–Kier alpha value is -3.22. The summed E-state index contributed by atoms with van der Waals surface area (Å²) < 4.78 is 18.5. The minimum atomic E-state index is -0.795. The molecule has 1 atom stereocenters. The summed E-state index contributed by atoms with van der Waals surface area (Å²) in [6.45, 7) is 6.02. The zero-order chi connectivity index (χ0) is 20.5. The highest BCUT2D eigenvalue weighted by Crippen LogP contribution is 2.15.